The number of aliphatic carboxylic acids is 1. The van der Waals surface area contributed by atoms with E-state index in [2.05, 4.69) is 10.3 Å². The smallest absolute Gasteiger partial charge is 0.311 e. The molecule has 1 fully saturated rings. The van der Waals surface area contributed by atoms with Crippen molar-refractivity contribution in [3.05, 3.63) is 24.0 Å². The van der Waals surface area contributed by atoms with Crippen molar-refractivity contribution in [3.63, 3.8) is 0 Å². The molecule has 1 aromatic rings. The molecule has 5 heteroatoms. The largest absolute Gasteiger partial charge is 0.481 e. The highest BCUT2D eigenvalue weighted by Crippen LogP contribution is 2.38. The van der Waals surface area contributed by atoms with E-state index in [1.165, 1.54) is 0 Å². The second-order valence-electron chi connectivity index (χ2n) is 5.18. The van der Waals surface area contributed by atoms with Gasteiger partial charge in [0.1, 0.15) is 6.07 Å². The summed E-state index contributed by atoms with van der Waals surface area (Å²) in [7, 11) is 0. The van der Waals surface area contributed by atoms with Crippen LogP contribution in [0, 0.1) is 16.7 Å². The van der Waals surface area contributed by atoms with Crippen molar-refractivity contribution in [2.75, 3.05) is 5.32 Å². The molecule has 2 rings (SSSR count). The van der Waals surface area contributed by atoms with Crippen LogP contribution in [0.5, 0.6) is 0 Å². The minimum Gasteiger partial charge on any atom is -0.481 e. The van der Waals surface area contributed by atoms with Gasteiger partial charge in [0.2, 0.25) is 0 Å². The number of nitrogens with zero attached hydrogens (tertiary/aromatic N) is 2. The van der Waals surface area contributed by atoms with Gasteiger partial charge in [-0.25, -0.2) is 4.98 Å². The van der Waals surface area contributed by atoms with Gasteiger partial charge in [-0.15, -0.1) is 0 Å². The third kappa shape index (κ3) is 2.53. The molecule has 2 atom stereocenters. The van der Waals surface area contributed by atoms with Gasteiger partial charge >= 0.3 is 5.97 Å². The molecule has 1 aliphatic rings. The zero-order valence-corrected chi connectivity index (χ0v) is 10.9. The van der Waals surface area contributed by atoms with Crippen LogP contribution in [0.1, 0.15) is 38.3 Å². The molecule has 0 aliphatic heterocycles. The molecule has 0 bridgehead atoms. The number of nitrogens with one attached hydrogen (secondary N) is 1. The fourth-order valence-electron chi connectivity index (χ4n) is 2.62. The number of carboxylic acid groups (broad SMARTS) is 1. The molecule has 1 aliphatic carbocycles. The molecular formula is C14H17N3O2. The number of carboxylic acids is 1. The molecule has 2 N–H and O–H groups in total. The van der Waals surface area contributed by atoms with Gasteiger partial charge in [0.15, 0.2) is 5.69 Å². The zero-order chi connectivity index (χ0) is 13.9. The summed E-state index contributed by atoms with van der Waals surface area (Å²) in [5, 5.41) is 21.7. The van der Waals surface area contributed by atoms with Gasteiger partial charge in [-0.3, -0.25) is 4.79 Å². The van der Waals surface area contributed by atoms with E-state index < -0.39 is 11.4 Å². The molecular weight excluding hydrogens is 242 g/mol. The van der Waals surface area contributed by atoms with Crippen LogP contribution in [-0.4, -0.2) is 22.1 Å². The number of hydrogen-bond donors (Lipinski definition) is 2. The second kappa shape index (κ2) is 5.27. The van der Waals surface area contributed by atoms with E-state index in [1.807, 2.05) is 6.07 Å². The summed E-state index contributed by atoms with van der Waals surface area (Å²) >= 11 is 0. The van der Waals surface area contributed by atoms with Gasteiger partial charge in [-0.2, -0.15) is 5.26 Å². The first kappa shape index (κ1) is 13.3. The molecule has 1 aromatic heterocycles. The van der Waals surface area contributed by atoms with Gasteiger partial charge in [0, 0.05) is 12.2 Å². The fourth-order valence-corrected chi connectivity index (χ4v) is 2.62. The summed E-state index contributed by atoms with van der Waals surface area (Å²) in [5.74, 6) is -0.785. The molecule has 5 nitrogen and oxygen atoms in total. The first-order valence-corrected chi connectivity index (χ1v) is 6.43. The highest BCUT2D eigenvalue weighted by molar-refractivity contribution is 5.76. The van der Waals surface area contributed by atoms with E-state index in [4.69, 9.17) is 5.26 Å². The predicted octanol–water partition coefficient (Wildman–Crippen LogP) is 2.40. The average Bonchev–Trinajstić information content (AvgIpc) is 2.42. The van der Waals surface area contributed by atoms with E-state index in [1.54, 1.807) is 25.3 Å². The number of pyridine rings is 1. The minimum absolute atomic E-state index is 0.171. The number of hydrogen-bond acceptors (Lipinski definition) is 4. The zero-order valence-electron chi connectivity index (χ0n) is 10.9. The lowest BCUT2D eigenvalue weighted by Gasteiger charge is -2.38. The van der Waals surface area contributed by atoms with Gasteiger partial charge in [0.05, 0.1) is 11.1 Å². The molecule has 0 radical (unpaired) electrons. The quantitative estimate of drug-likeness (QED) is 0.870. The summed E-state index contributed by atoms with van der Waals surface area (Å²) in [5.41, 5.74) is 0.131. The third-order valence-electron chi connectivity index (χ3n) is 3.94. The normalized spacial score (nSPS) is 26.4. The maximum atomic E-state index is 11.5. The first-order chi connectivity index (χ1) is 9.08. The number of carbonyl (C=O) groups is 1. The van der Waals surface area contributed by atoms with Gasteiger partial charge in [-0.1, -0.05) is 12.8 Å². The third-order valence-corrected chi connectivity index (χ3v) is 3.94. The van der Waals surface area contributed by atoms with Crippen LogP contribution in [0.15, 0.2) is 18.3 Å². The predicted molar refractivity (Wildman–Crippen MR) is 70.6 cm³/mol. The Hall–Kier alpha value is -2.09. The molecule has 0 aromatic carbocycles. The van der Waals surface area contributed by atoms with Crippen LogP contribution < -0.4 is 5.32 Å². The van der Waals surface area contributed by atoms with Crippen molar-refractivity contribution < 1.29 is 9.90 Å². The molecule has 19 heavy (non-hydrogen) atoms. The summed E-state index contributed by atoms with van der Waals surface area (Å²) in [6.45, 7) is 1.77. The highest BCUT2D eigenvalue weighted by Gasteiger charge is 2.43. The van der Waals surface area contributed by atoms with Crippen LogP contribution in [0.2, 0.25) is 0 Å². The standard InChI is InChI=1S/C14H17N3O2/c1-14(13(18)19)7-3-2-6-12(14)17-10-5-4-8-16-11(10)9-15/h4-5,8,12,17H,2-3,6-7H2,1H3,(H,18,19). The van der Waals surface area contributed by atoms with E-state index in [9.17, 15) is 9.90 Å². The van der Waals surface area contributed by atoms with Crippen LogP contribution in [0.4, 0.5) is 5.69 Å². The van der Waals surface area contributed by atoms with E-state index in [-0.39, 0.29) is 6.04 Å². The maximum absolute atomic E-state index is 11.5. The Morgan fingerprint density at radius 3 is 3.11 bits per heavy atom. The van der Waals surface area contributed by atoms with E-state index in [0.29, 0.717) is 17.8 Å². The van der Waals surface area contributed by atoms with Gasteiger partial charge < -0.3 is 10.4 Å². The van der Waals surface area contributed by atoms with Crippen LogP contribution in [-0.2, 0) is 4.79 Å². The van der Waals surface area contributed by atoms with Crippen molar-refractivity contribution in [1.82, 2.24) is 4.98 Å². The molecule has 0 saturated heterocycles. The summed E-state index contributed by atoms with van der Waals surface area (Å²) in [6.07, 6.45) is 4.94. The Bertz CT molecular complexity index is 524. The van der Waals surface area contributed by atoms with Crippen molar-refractivity contribution in [2.45, 2.75) is 38.6 Å². The highest BCUT2D eigenvalue weighted by atomic mass is 16.4. The van der Waals surface area contributed by atoms with E-state index in [0.717, 1.165) is 19.3 Å². The van der Waals surface area contributed by atoms with Crippen LogP contribution in [0.25, 0.3) is 0 Å². The molecule has 0 amide bonds. The number of anilines is 1. The summed E-state index contributed by atoms with van der Waals surface area (Å²) in [4.78, 5) is 15.5. The lowest BCUT2D eigenvalue weighted by molar-refractivity contribution is -0.150. The Kier molecular flexibility index (Phi) is 3.70. The van der Waals surface area contributed by atoms with Crippen molar-refractivity contribution in [3.8, 4) is 6.07 Å². The SMILES string of the molecule is CC1(C(=O)O)CCCCC1Nc1cccnc1C#N. The number of aromatic nitrogens is 1. The number of nitriles is 1. The molecule has 0 spiro atoms. The molecule has 2 unspecified atom stereocenters. The second-order valence-corrected chi connectivity index (χ2v) is 5.18. The lowest BCUT2D eigenvalue weighted by Crippen LogP contribution is -2.46. The molecule has 1 heterocycles. The van der Waals surface area contributed by atoms with Crippen molar-refractivity contribution in [1.29, 1.82) is 5.26 Å². The monoisotopic (exact) mass is 259 g/mol. The van der Waals surface area contributed by atoms with Crippen molar-refractivity contribution in [2.24, 2.45) is 5.41 Å². The van der Waals surface area contributed by atoms with Gasteiger partial charge in [-0.05, 0) is 31.9 Å². The van der Waals surface area contributed by atoms with Crippen LogP contribution in [0.3, 0.4) is 0 Å². The molecule has 1 saturated carbocycles. The Labute approximate surface area is 112 Å². The lowest BCUT2D eigenvalue weighted by atomic mass is 9.71. The maximum Gasteiger partial charge on any atom is 0.311 e. The number of rotatable bonds is 3. The van der Waals surface area contributed by atoms with Crippen molar-refractivity contribution >= 4 is 11.7 Å². The Morgan fingerprint density at radius 2 is 2.42 bits per heavy atom. The Morgan fingerprint density at radius 1 is 1.63 bits per heavy atom. The minimum atomic E-state index is -0.791. The van der Waals surface area contributed by atoms with E-state index >= 15 is 0 Å². The first-order valence-electron chi connectivity index (χ1n) is 6.43. The summed E-state index contributed by atoms with van der Waals surface area (Å²) < 4.78 is 0. The summed E-state index contributed by atoms with van der Waals surface area (Å²) in [6, 6.07) is 5.36. The fraction of sp³-hybridized carbons (Fsp3) is 0.500. The topological polar surface area (TPSA) is 86.0 Å². The average molecular weight is 259 g/mol. The molecule has 100 valence electrons. The van der Waals surface area contributed by atoms with Crippen LogP contribution >= 0.6 is 0 Å². The Balaban J connectivity index is 2.26. The van der Waals surface area contributed by atoms with Gasteiger partial charge in [0.25, 0.3) is 0 Å².